The Morgan fingerprint density at radius 2 is 1.89 bits per heavy atom. The molecule has 18 heavy (non-hydrogen) atoms. The van der Waals surface area contributed by atoms with E-state index in [4.69, 9.17) is 9.47 Å². The number of allylic oxidation sites excluding steroid dienone is 2. The van der Waals surface area contributed by atoms with Crippen LogP contribution in [0.1, 0.15) is 24.3 Å². The van der Waals surface area contributed by atoms with E-state index >= 15 is 0 Å². The molecule has 1 atom stereocenters. The molecule has 0 bridgehead atoms. The molecule has 0 heterocycles. The fraction of sp³-hybridized carbons (Fsp3) is 0.357. The summed E-state index contributed by atoms with van der Waals surface area (Å²) < 4.78 is 10.4. The molecule has 1 aromatic carbocycles. The van der Waals surface area contributed by atoms with E-state index in [1.165, 1.54) is 6.08 Å². The summed E-state index contributed by atoms with van der Waals surface area (Å²) in [5.41, 5.74) is 0.933. The Bertz CT molecular complexity index is 491. The lowest BCUT2D eigenvalue weighted by Crippen LogP contribution is -2.18. The molecule has 4 nitrogen and oxygen atoms in total. The van der Waals surface area contributed by atoms with Crippen molar-refractivity contribution in [2.45, 2.75) is 18.8 Å². The van der Waals surface area contributed by atoms with Gasteiger partial charge in [-0.05, 0) is 36.1 Å². The van der Waals surface area contributed by atoms with E-state index in [-0.39, 0.29) is 17.5 Å². The van der Waals surface area contributed by atoms with Crippen LogP contribution in [-0.2, 0) is 4.79 Å². The van der Waals surface area contributed by atoms with Gasteiger partial charge >= 0.3 is 0 Å². The van der Waals surface area contributed by atoms with E-state index in [9.17, 15) is 9.90 Å². The highest BCUT2D eigenvalue weighted by atomic mass is 16.5. The Morgan fingerprint density at radius 3 is 2.50 bits per heavy atom. The zero-order valence-electron chi connectivity index (χ0n) is 10.4. The minimum absolute atomic E-state index is 0.0604. The molecular weight excluding hydrogens is 232 g/mol. The third-order valence-corrected chi connectivity index (χ3v) is 3.10. The van der Waals surface area contributed by atoms with E-state index in [0.717, 1.165) is 5.56 Å². The van der Waals surface area contributed by atoms with E-state index in [1.54, 1.807) is 20.3 Å². The average Bonchev–Trinajstić information content (AvgIpc) is 2.36. The number of methoxy groups -OCH3 is 2. The molecule has 0 N–H and O–H groups in total. The van der Waals surface area contributed by atoms with E-state index < -0.39 is 0 Å². The molecule has 4 heteroatoms. The molecule has 0 radical (unpaired) electrons. The predicted octanol–water partition coefficient (Wildman–Crippen LogP) is 1.39. The van der Waals surface area contributed by atoms with Crippen molar-refractivity contribution in [1.29, 1.82) is 0 Å². The van der Waals surface area contributed by atoms with Crippen LogP contribution in [0.5, 0.6) is 11.5 Å². The van der Waals surface area contributed by atoms with Crippen molar-refractivity contribution in [3.8, 4) is 11.5 Å². The summed E-state index contributed by atoms with van der Waals surface area (Å²) in [6.07, 6.45) is 1.94. The summed E-state index contributed by atoms with van der Waals surface area (Å²) in [6.45, 7) is 0. The molecule has 1 aromatic rings. The van der Waals surface area contributed by atoms with Gasteiger partial charge in [-0.3, -0.25) is 4.79 Å². The summed E-state index contributed by atoms with van der Waals surface area (Å²) in [6, 6.07) is 5.49. The summed E-state index contributed by atoms with van der Waals surface area (Å²) in [4.78, 5) is 11.4. The number of hydrogen-bond donors (Lipinski definition) is 0. The van der Waals surface area contributed by atoms with Crippen molar-refractivity contribution in [3.63, 3.8) is 0 Å². The van der Waals surface area contributed by atoms with Crippen molar-refractivity contribution >= 4 is 5.78 Å². The number of ether oxygens (including phenoxy) is 2. The Hall–Kier alpha value is -1.97. The highest BCUT2D eigenvalue weighted by Crippen LogP contribution is 2.35. The first-order valence-corrected chi connectivity index (χ1v) is 5.76. The van der Waals surface area contributed by atoms with Crippen molar-refractivity contribution in [1.82, 2.24) is 0 Å². The van der Waals surface area contributed by atoms with Gasteiger partial charge < -0.3 is 14.6 Å². The van der Waals surface area contributed by atoms with Crippen LogP contribution >= 0.6 is 0 Å². The van der Waals surface area contributed by atoms with Crippen LogP contribution < -0.4 is 14.6 Å². The van der Waals surface area contributed by atoms with Crippen LogP contribution in [0.3, 0.4) is 0 Å². The quantitative estimate of drug-likeness (QED) is 0.810. The lowest BCUT2D eigenvalue weighted by molar-refractivity contribution is -0.308. The maximum atomic E-state index is 11.4. The lowest BCUT2D eigenvalue weighted by Gasteiger charge is -2.25. The molecule has 0 amide bonds. The molecule has 1 unspecified atom stereocenters. The number of ketones is 1. The highest BCUT2D eigenvalue weighted by Gasteiger charge is 2.20. The number of carbonyl (C=O) groups excluding carboxylic acids is 1. The minimum Gasteiger partial charge on any atom is -0.875 e. The van der Waals surface area contributed by atoms with Crippen LogP contribution in [0.2, 0.25) is 0 Å². The maximum Gasteiger partial charge on any atom is 0.160 e. The second-order valence-corrected chi connectivity index (χ2v) is 4.30. The van der Waals surface area contributed by atoms with Crippen LogP contribution in [0.25, 0.3) is 0 Å². The van der Waals surface area contributed by atoms with Crippen LogP contribution in [-0.4, -0.2) is 20.0 Å². The SMILES string of the molecule is COc1ccc(C2CC(=O)C=C([O-])C2)cc1OC. The third-order valence-electron chi connectivity index (χ3n) is 3.10. The summed E-state index contributed by atoms with van der Waals surface area (Å²) in [7, 11) is 3.13. The Morgan fingerprint density at radius 1 is 1.17 bits per heavy atom. The smallest absolute Gasteiger partial charge is 0.160 e. The van der Waals surface area contributed by atoms with Gasteiger partial charge in [-0.15, -0.1) is 5.76 Å². The molecular formula is C14H15O4-. The van der Waals surface area contributed by atoms with Crippen molar-refractivity contribution in [3.05, 3.63) is 35.6 Å². The van der Waals surface area contributed by atoms with Gasteiger partial charge in [0.1, 0.15) is 0 Å². The fourth-order valence-corrected chi connectivity index (χ4v) is 2.20. The average molecular weight is 247 g/mol. The first kappa shape index (κ1) is 12.5. The predicted molar refractivity (Wildman–Crippen MR) is 64.6 cm³/mol. The molecule has 2 rings (SSSR count). The summed E-state index contributed by atoms with van der Waals surface area (Å²) in [5.74, 6) is 0.984. The molecule has 0 aromatic heterocycles. The van der Waals surface area contributed by atoms with Crippen molar-refractivity contribution < 1.29 is 19.4 Å². The standard InChI is InChI=1S/C14H16O4/c1-17-13-4-3-9(7-14(13)18-2)10-5-11(15)8-12(16)6-10/h3-4,7-8,10,15H,5-6H2,1-2H3/p-1. The number of benzene rings is 1. The van der Waals surface area contributed by atoms with Gasteiger partial charge in [0.05, 0.1) is 14.2 Å². The number of hydrogen-bond acceptors (Lipinski definition) is 4. The molecule has 0 spiro atoms. The summed E-state index contributed by atoms with van der Waals surface area (Å²) in [5, 5.41) is 11.4. The molecule has 0 aliphatic heterocycles. The van der Waals surface area contributed by atoms with Gasteiger partial charge in [0.2, 0.25) is 0 Å². The van der Waals surface area contributed by atoms with Crippen molar-refractivity contribution in [2.75, 3.05) is 14.2 Å². The second kappa shape index (κ2) is 5.12. The summed E-state index contributed by atoms with van der Waals surface area (Å²) >= 11 is 0. The van der Waals surface area contributed by atoms with Crippen LogP contribution in [0.4, 0.5) is 0 Å². The van der Waals surface area contributed by atoms with E-state index in [1.807, 2.05) is 12.1 Å². The second-order valence-electron chi connectivity index (χ2n) is 4.30. The molecule has 0 fully saturated rings. The largest absolute Gasteiger partial charge is 0.875 e. The minimum atomic E-state index is -0.106. The van der Waals surface area contributed by atoms with Crippen molar-refractivity contribution in [2.24, 2.45) is 0 Å². The highest BCUT2D eigenvalue weighted by molar-refractivity contribution is 5.91. The number of carbonyl (C=O) groups is 1. The molecule has 1 aliphatic rings. The normalized spacial score (nSPS) is 19.3. The van der Waals surface area contributed by atoms with Gasteiger partial charge in [-0.1, -0.05) is 6.07 Å². The number of rotatable bonds is 3. The van der Waals surface area contributed by atoms with Gasteiger partial charge in [0.25, 0.3) is 0 Å². The molecule has 96 valence electrons. The maximum absolute atomic E-state index is 11.4. The third kappa shape index (κ3) is 2.47. The van der Waals surface area contributed by atoms with Gasteiger partial charge in [0, 0.05) is 6.42 Å². The van der Waals surface area contributed by atoms with Gasteiger partial charge in [0.15, 0.2) is 17.3 Å². The van der Waals surface area contributed by atoms with Gasteiger partial charge in [-0.2, -0.15) is 0 Å². The van der Waals surface area contributed by atoms with E-state index in [2.05, 4.69) is 0 Å². The lowest BCUT2D eigenvalue weighted by atomic mass is 9.86. The Kier molecular flexibility index (Phi) is 3.55. The Balaban J connectivity index is 2.29. The van der Waals surface area contributed by atoms with Gasteiger partial charge in [-0.25, -0.2) is 0 Å². The van der Waals surface area contributed by atoms with Crippen LogP contribution in [0.15, 0.2) is 30.0 Å². The monoisotopic (exact) mass is 247 g/mol. The van der Waals surface area contributed by atoms with Crippen LogP contribution in [0, 0.1) is 0 Å². The zero-order valence-corrected chi connectivity index (χ0v) is 10.4. The fourth-order valence-electron chi connectivity index (χ4n) is 2.20. The zero-order chi connectivity index (χ0) is 13.1. The van der Waals surface area contributed by atoms with E-state index in [0.29, 0.717) is 24.3 Å². The topological polar surface area (TPSA) is 58.6 Å². The molecule has 0 saturated carbocycles. The Labute approximate surface area is 106 Å². The first-order valence-electron chi connectivity index (χ1n) is 5.76. The molecule has 0 saturated heterocycles. The molecule has 1 aliphatic carbocycles. The first-order chi connectivity index (χ1) is 8.63.